The Bertz CT molecular complexity index is 253. The molecule has 2 N–H and O–H groups in total. The lowest BCUT2D eigenvalue weighted by Crippen LogP contribution is -2.23. The molecule has 0 saturated carbocycles. The van der Waals surface area contributed by atoms with Gasteiger partial charge in [0, 0.05) is 0 Å². The summed E-state index contributed by atoms with van der Waals surface area (Å²) in [5.74, 6) is 0.0234. The maximum Gasteiger partial charge on any atom is 0.166 e. The first-order chi connectivity index (χ1) is 5.58. The van der Waals surface area contributed by atoms with E-state index in [1.807, 2.05) is 0 Å². The molecule has 0 fully saturated rings. The highest BCUT2D eigenvalue weighted by Crippen LogP contribution is 2.06. The van der Waals surface area contributed by atoms with Gasteiger partial charge >= 0.3 is 0 Å². The van der Waals surface area contributed by atoms with E-state index in [2.05, 4.69) is 0 Å². The molecule has 0 saturated heterocycles. The summed E-state index contributed by atoms with van der Waals surface area (Å²) in [5.41, 5.74) is 5.17. The second-order valence-electron chi connectivity index (χ2n) is 2.54. The molecule has 0 aromatic carbocycles. The summed E-state index contributed by atoms with van der Waals surface area (Å²) in [6.45, 7) is 2.04. The summed E-state index contributed by atoms with van der Waals surface area (Å²) in [6.07, 6.45) is 0.782. The van der Waals surface area contributed by atoms with E-state index in [4.69, 9.17) is 11.0 Å². The van der Waals surface area contributed by atoms with Gasteiger partial charge in [-0.05, 0) is 19.4 Å². The van der Waals surface area contributed by atoms with Crippen molar-refractivity contribution in [3.05, 3.63) is 0 Å². The molecule has 0 aliphatic carbocycles. The molecule has 1 atom stereocenters. The van der Waals surface area contributed by atoms with Crippen molar-refractivity contribution in [2.24, 2.45) is 5.73 Å². The third-order valence-corrected chi connectivity index (χ3v) is 3.74. The van der Waals surface area contributed by atoms with Crippen LogP contribution in [0.5, 0.6) is 0 Å². The van der Waals surface area contributed by atoms with Crippen LogP contribution in [0.4, 0.5) is 0 Å². The second-order valence-corrected chi connectivity index (χ2v) is 4.84. The molecule has 5 heteroatoms. The normalized spacial score (nSPS) is 13.8. The second kappa shape index (κ2) is 5.12. The van der Waals surface area contributed by atoms with Crippen molar-refractivity contribution in [1.29, 1.82) is 5.26 Å². The Balaban J connectivity index is 4.30. The molecule has 0 aromatic rings. The Labute approximate surface area is 73.3 Å². The lowest BCUT2D eigenvalue weighted by Gasteiger charge is -2.06. The van der Waals surface area contributed by atoms with Crippen LogP contribution in [0.3, 0.4) is 0 Å². The standard InChI is InChI=1S/C7H14N2O2S/c1-2-7(6-9)12(10,11)5-3-4-8/h7H,2-5,8H2,1H3. The van der Waals surface area contributed by atoms with E-state index < -0.39 is 15.1 Å². The topological polar surface area (TPSA) is 84.0 Å². The lowest BCUT2D eigenvalue weighted by atomic mass is 10.4. The van der Waals surface area contributed by atoms with Gasteiger partial charge in [-0.2, -0.15) is 5.26 Å². The van der Waals surface area contributed by atoms with Crippen LogP contribution >= 0.6 is 0 Å². The molecule has 12 heavy (non-hydrogen) atoms. The fraction of sp³-hybridized carbons (Fsp3) is 0.857. The fourth-order valence-corrected chi connectivity index (χ4v) is 2.37. The van der Waals surface area contributed by atoms with Crippen LogP contribution < -0.4 is 5.73 Å². The first-order valence-electron chi connectivity index (χ1n) is 3.89. The van der Waals surface area contributed by atoms with Crippen LogP contribution in [-0.4, -0.2) is 26.0 Å². The van der Waals surface area contributed by atoms with Crippen LogP contribution in [-0.2, 0) is 9.84 Å². The van der Waals surface area contributed by atoms with E-state index >= 15 is 0 Å². The number of hydrogen-bond acceptors (Lipinski definition) is 4. The highest BCUT2D eigenvalue weighted by atomic mass is 32.2. The smallest absolute Gasteiger partial charge is 0.166 e. The minimum absolute atomic E-state index is 0.0234. The van der Waals surface area contributed by atoms with E-state index in [1.54, 1.807) is 13.0 Å². The van der Waals surface area contributed by atoms with Crippen molar-refractivity contribution in [2.75, 3.05) is 12.3 Å². The Morgan fingerprint density at radius 2 is 2.17 bits per heavy atom. The van der Waals surface area contributed by atoms with Crippen LogP contribution in [0.1, 0.15) is 19.8 Å². The van der Waals surface area contributed by atoms with Gasteiger partial charge < -0.3 is 5.73 Å². The molecule has 4 nitrogen and oxygen atoms in total. The number of nitrogens with zero attached hydrogens (tertiary/aromatic N) is 1. The van der Waals surface area contributed by atoms with E-state index in [-0.39, 0.29) is 5.75 Å². The molecule has 0 rings (SSSR count). The molecule has 0 heterocycles. The van der Waals surface area contributed by atoms with Gasteiger partial charge in [-0.15, -0.1) is 0 Å². The van der Waals surface area contributed by atoms with Gasteiger partial charge in [0.2, 0.25) is 0 Å². The van der Waals surface area contributed by atoms with Gasteiger partial charge in [0.25, 0.3) is 0 Å². The predicted molar refractivity (Wildman–Crippen MR) is 47.2 cm³/mol. The third kappa shape index (κ3) is 3.20. The molecule has 0 aliphatic rings. The van der Waals surface area contributed by atoms with E-state index in [9.17, 15) is 8.42 Å². The molecule has 0 spiro atoms. The van der Waals surface area contributed by atoms with Crippen molar-refractivity contribution < 1.29 is 8.42 Å². The number of rotatable bonds is 5. The minimum Gasteiger partial charge on any atom is -0.330 e. The summed E-state index contributed by atoms with van der Waals surface area (Å²) in [7, 11) is -3.23. The van der Waals surface area contributed by atoms with Gasteiger partial charge in [0.15, 0.2) is 9.84 Å². The van der Waals surface area contributed by atoms with E-state index in [1.165, 1.54) is 0 Å². The van der Waals surface area contributed by atoms with Crippen molar-refractivity contribution >= 4 is 9.84 Å². The van der Waals surface area contributed by atoms with Crippen molar-refractivity contribution in [1.82, 2.24) is 0 Å². The molecule has 0 radical (unpaired) electrons. The quantitative estimate of drug-likeness (QED) is 0.664. The third-order valence-electron chi connectivity index (χ3n) is 1.58. The number of nitrogens with two attached hydrogens (primary N) is 1. The van der Waals surface area contributed by atoms with Crippen LogP contribution in [0.25, 0.3) is 0 Å². The van der Waals surface area contributed by atoms with Gasteiger partial charge in [-0.3, -0.25) is 0 Å². The average molecular weight is 190 g/mol. The molecule has 0 aromatic heterocycles. The highest BCUT2D eigenvalue weighted by molar-refractivity contribution is 7.92. The Morgan fingerprint density at radius 3 is 2.50 bits per heavy atom. The maximum absolute atomic E-state index is 11.3. The van der Waals surface area contributed by atoms with Crippen molar-refractivity contribution in [3.63, 3.8) is 0 Å². The first kappa shape index (κ1) is 11.4. The monoisotopic (exact) mass is 190 g/mol. The summed E-state index contributed by atoms with van der Waals surface area (Å²) < 4.78 is 22.5. The summed E-state index contributed by atoms with van der Waals surface area (Å²) >= 11 is 0. The Morgan fingerprint density at radius 1 is 1.58 bits per heavy atom. The maximum atomic E-state index is 11.3. The molecule has 0 bridgehead atoms. The highest BCUT2D eigenvalue weighted by Gasteiger charge is 2.22. The average Bonchev–Trinajstić information content (AvgIpc) is 2.03. The molecular formula is C7H14N2O2S. The largest absolute Gasteiger partial charge is 0.330 e. The first-order valence-corrected chi connectivity index (χ1v) is 5.61. The van der Waals surface area contributed by atoms with Gasteiger partial charge in [0.05, 0.1) is 11.8 Å². The lowest BCUT2D eigenvalue weighted by molar-refractivity contribution is 0.585. The van der Waals surface area contributed by atoms with Gasteiger partial charge in [0.1, 0.15) is 5.25 Å². The number of hydrogen-bond donors (Lipinski definition) is 1. The summed E-state index contributed by atoms with van der Waals surface area (Å²) in [4.78, 5) is 0. The van der Waals surface area contributed by atoms with Gasteiger partial charge in [-0.1, -0.05) is 6.92 Å². The molecule has 0 aliphatic heterocycles. The Hall–Kier alpha value is -0.600. The minimum atomic E-state index is -3.23. The van der Waals surface area contributed by atoms with Crippen LogP contribution in [0, 0.1) is 11.3 Å². The molecule has 0 amide bonds. The molecular weight excluding hydrogens is 176 g/mol. The van der Waals surface area contributed by atoms with Crippen molar-refractivity contribution in [2.45, 2.75) is 25.0 Å². The van der Waals surface area contributed by atoms with E-state index in [0.717, 1.165) is 0 Å². The summed E-state index contributed by atoms with van der Waals surface area (Å²) in [5, 5.41) is 7.64. The number of nitriles is 1. The predicted octanol–water partition coefficient (Wildman–Crippen LogP) is 0.0522. The van der Waals surface area contributed by atoms with Crippen LogP contribution in [0.15, 0.2) is 0 Å². The van der Waals surface area contributed by atoms with Crippen molar-refractivity contribution in [3.8, 4) is 6.07 Å². The summed E-state index contributed by atoms with van der Waals surface area (Å²) in [6, 6.07) is 1.77. The molecule has 70 valence electrons. The number of sulfone groups is 1. The van der Waals surface area contributed by atoms with Crippen LogP contribution in [0.2, 0.25) is 0 Å². The fourth-order valence-electron chi connectivity index (χ4n) is 0.852. The SMILES string of the molecule is CCC(C#N)S(=O)(=O)CCCN. The van der Waals surface area contributed by atoms with Gasteiger partial charge in [-0.25, -0.2) is 8.42 Å². The zero-order valence-electron chi connectivity index (χ0n) is 7.16. The zero-order valence-corrected chi connectivity index (χ0v) is 7.97. The molecule has 1 unspecified atom stereocenters. The zero-order chi connectivity index (χ0) is 9.61. The van der Waals surface area contributed by atoms with E-state index in [0.29, 0.717) is 19.4 Å². The Kier molecular flexibility index (Phi) is 4.86.